The molecular formula is C17H17NO2. The number of nitrogens with zero attached hydrogens (tertiary/aromatic N) is 1. The summed E-state index contributed by atoms with van der Waals surface area (Å²) in [6.07, 6.45) is 0. The summed E-state index contributed by atoms with van der Waals surface area (Å²) < 4.78 is 10.9. The molecule has 3 heteroatoms. The molecule has 2 aromatic carbocycles. The molecule has 2 rings (SSSR count). The zero-order valence-electron chi connectivity index (χ0n) is 11.9. The molecule has 0 aliphatic heterocycles. The molecule has 0 bridgehead atoms. The second kappa shape index (κ2) is 6.12. The largest absolute Gasteiger partial charge is 0.495 e. The molecule has 0 spiro atoms. The number of ether oxygens (including phenoxy) is 2. The summed E-state index contributed by atoms with van der Waals surface area (Å²) in [5.74, 6) is 1.45. The maximum absolute atomic E-state index is 9.06. The van der Waals surface area contributed by atoms with Crippen molar-refractivity contribution in [3.8, 4) is 17.6 Å². The highest BCUT2D eigenvalue weighted by atomic mass is 16.5. The minimum Gasteiger partial charge on any atom is -0.495 e. The average Bonchev–Trinajstić information content (AvgIpc) is 2.46. The molecule has 0 unspecified atom stereocenters. The van der Waals surface area contributed by atoms with Crippen molar-refractivity contribution >= 4 is 0 Å². The van der Waals surface area contributed by atoms with Crippen LogP contribution in [0, 0.1) is 25.2 Å². The number of benzene rings is 2. The van der Waals surface area contributed by atoms with Gasteiger partial charge in [-0.15, -0.1) is 0 Å². The highest BCUT2D eigenvalue weighted by Crippen LogP contribution is 2.22. The summed E-state index contributed by atoms with van der Waals surface area (Å²) in [5, 5.41) is 9.06. The first-order valence-electron chi connectivity index (χ1n) is 6.41. The molecular weight excluding hydrogens is 250 g/mol. The maximum Gasteiger partial charge on any atom is 0.136 e. The van der Waals surface area contributed by atoms with Gasteiger partial charge < -0.3 is 9.47 Å². The number of hydrogen-bond donors (Lipinski definition) is 0. The lowest BCUT2D eigenvalue weighted by atomic mass is 10.1. The summed E-state index contributed by atoms with van der Waals surface area (Å²) in [4.78, 5) is 0. The summed E-state index contributed by atoms with van der Waals surface area (Å²) in [5.41, 5.74) is 3.79. The van der Waals surface area contributed by atoms with Gasteiger partial charge in [0.15, 0.2) is 0 Å². The van der Waals surface area contributed by atoms with E-state index in [1.807, 2.05) is 25.1 Å². The van der Waals surface area contributed by atoms with Crippen molar-refractivity contribution in [3.63, 3.8) is 0 Å². The lowest BCUT2D eigenvalue weighted by Crippen LogP contribution is -1.98. The van der Waals surface area contributed by atoms with Crippen molar-refractivity contribution in [1.29, 1.82) is 5.26 Å². The SMILES string of the molecule is COc1ccc(COc2ccc(C)cc2C)cc1C#N. The van der Waals surface area contributed by atoms with Crippen molar-refractivity contribution in [2.24, 2.45) is 0 Å². The fourth-order valence-corrected chi connectivity index (χ4v) is 2.05. The van der Waals surface area contributed by atoms with Crippen LogP contribution in [-0.2, 0) is 6.61 Å². The molecule has 0 atom stereocenters. The van der Waals surface area contributed by atoms with Gasteiger partial charge in [0.25, 0.3) is 0 Å². The van der Waals surface area contributed by atoms with Crippen LogP contribution in [0.1, 0.15) is 22.3 Å². The molecule has 0 fully saturated rings. The fraction of sp³-hybridized carbons (Fsp3) is 0.235. The molecule has 0 N–H and O–H groups in total. The highest BCUT2D eigenvalue weighted by molar-refractivity contribution is 5.45. The van der Waals surface area contributed by atoms with Gasteiger partial charge in [-0.05, 0) is 43.2 Å². The Morgan fingerprint density at radius 3 is 2.45 bits per heavy atom. The minimum absolute atomic E-state index is 0.433. The number of methoxy groups -OCH3 is 1. The van der Waals surface area contributed by atoms with Crippen LogP contribution in [0.5, 0.6) is 11.5 Å². The van der Waals surface area contributed by atoms with E-state index in [0.717, 1.165) is 16.9 Å². The van der Waals surface area contributed by atoms with Crippen LogP contribution in [0.25, 0.3) is 0 Å². The van der Waals surface area contributed by atoms with Crippen LogP contribution in [0.15, 0.2) is 36.4 Å². The molecule has 2 aromatic rings. The predicted octanol–water partition coefficient (Wildman–Crippen LogP) is 3.76. The van der Waals surface area contributed by atoms with Gasteiger partial charge in [-0.3, -0.25) is 0 Å². The number of nitriles is 1. The molecule has 20 heavy (non-hydrogen) atoms. The van der Waals surface area contributed by atoms with Crippen LogP contribution in [-0.4, -0.2) is 7.11 Å². The van der Waals surface area contributed by atoms with Gasteiger partial charge in [0.05, 0.1) is 12.7 Å². The second-order valence-corrected chi connectivity index (χ2v) is 4.70. The van der Waals surface area contributed by atoms with E-state index >= 15 is 0 Å². The topological polar surface area (TPSA) is 42.2 Å². The highest BCUT2D eigenvalue weighted by Gasteiger charge is 2.05. The second-order valence-electron chi connectivity index (χ2n) is 4.70. The monoisotopic (exact) mass is 267 g/mol. The molecule has 0 aromatic heterocycles. The predicted molar refractivity (Wildman–Crippen MR) is 78.0 cm³/mol. The summed E-state index contributed by atoms with van der Waals surface area (Å²) >= 11 is 0. The van der Waals surface area contributed by atoms with Gasteiger partial charge in [0.2, 0.25) is 0 Å². The molecule has 0 radical (unpaired) electrons. The summed E-state index contributed by atoms with van der Waals surface area (Å²) in [6, 6.07) is 13.7. The van der Waals surface area contributed by atoms with E-state index in [4.69, 9.17) is 14.7 Å². The molecule has 0 saturated heterocycles. The van der Waals surface area contributed by atoms with Gasteiger partial charge in [0.1, 0.15) is 24.2 Å². The zero-order chi connectivity index (χ0) is 14.5. The normalized spacial score (nSPS) is 9.90. The van der Waals surface area contributed by atoms with Crippen molar-refractivity contribution in [3.05, 3.63) is 58.7 Å². The Morgan fingerprint density at radius 1 is 1.05 bits per heavy atom. The minimum atomic E-state index is 0.433. The number of hydrogen-bond acceptors (Lipinski definition) is 3. The van der Waals surface area contributed by atoms with Crippen LogP contribution in [0.3, 0.4) is 0 Å². The Kier molecular flexibility index (Phi) is 4.27. The smallest absolute Gasteiger partial charge is 0.136 e. The van der Waals surface area contributed by atoms with E-state index in [-0.39, 0.29) is 0 Å². The Morgan fingerprint density at radius 2 is 1.80 bits per heavy atom. The molecule has 0 amide bonds. The first-order chi connectivity index (χ1) is 9.63. The van der Waals surface area contributed by atoms with E-state index < -0.39 is 0 Å². The Balaban J connectivity index is 2.13. The van der Waals surface area contributed by atoms with Crippen molar-refractivity contribution in [2.45, 2.75) is 20.5 Å². The third-order valence-electron chi connectivity index (χ3n) is 3.11. The van der Waals surface area contributed by atoms with E-state index in [2.05, 4.69) is 19.1 Å². The Bertz CT molecular complexity index is 657. The molecule has 0 aliphatic carbocycles. The Labute approximate surface area is 119 Å². The number of aryl methyl sites for hydroxylation is 2. The van der Waals surface area contributed by atoms with Gasteiger partial charge in [-0.1, -0.05) is 23.8 Å². The first-order valence-corrected chi connectivity index (χ1v) is 6.41. The molecule has 0 heterocycles. The third kappa shape index (κ3) is 3.10. The molecule has 0 aliphatic rings. The third-order valence-corrected chi connectivity index (χ3v) is 3.11. The summed E-state index contributed by atoms with van der Waals surface area (Å²) in [6.45, 7) is 4.51. The van der Waals surface area contributed by atoms with E-state index in [9.17, 15) is 0 Å². The van der Waals surface area contributed by atoms with Crippen LogP contribution < -0.4 is 9.47 Å². The molecule has 3 nitrogen and oxygen atoms in total. The van der Waals surface area contributed by atoms with E-state index in [1.165, 1.54) is 5.56 Å². The number of rotatable bonds is 4. The van der Waals surface area contributed by atoms with E-state index in [1.54, 1.807) is 19.2 Å². The quantitative estimate of drug-likeness (QED) is 0.847. The van der Waals surface area contributed by atoms with Gasteiger partial charge >= 0.3 is 0 Å². The summed E-state index contributed by atoms with van der Waals surface area (Å²) in [7, 11) is 1.56. The van der Waals surface area contributed by atoms with Gasteiger partial charge in [-0.2, -0.15) is 5.26 Å². The zero-order valence-corrected chi connectivity index (χ0v) is 11.9. The lowest BCUT2D eigenvalue weighted by Gasteiger charge is -2.11. The maximum atomic E-state index is 9.06. The van der Waals surface area contributed by atoms with Crippen molar-refractivity contribution in [2.75, 3.05) is 7.11 Å². The van der Waals surface area contributed by atoms with Crippen LogP contribution >= 0.6 is 0 Å². The molecule has 102 valence electrons. The first kappa shape index (κ1) is 14.0. The lowest BCUT2D eigenvalue weighted by molar-refractivity contribution is 0.303. The van der Waals surface area contributed by atoms with Gasteiger partial charge in [-0.25, -0.2) is 0 Å². The van der Waals surface area contributed by atoms with Gasteiger partial charge in [0, 0.05) is 0 Å². The van der Waals surface area contributed by atoms with Crippen molar-refractivity contribution < 1.29 is 9.47 Å². The average molecular weight is 267 g/mol. The standard InChI is InChI=1S/C17H17NO2/c1-12-4-6-16(13(2)8-12)20-11-14-5-7-17(19-3)15(9-14)10-18/h4-9H,11H2,1-3H3. The van der Waals surface area contributed by atoms with Crippen LogP contribution in [0.2, 0.25) is 0 Å². The van der Waals surface area contributed by atoms with Crippen LogP contribution in [0.4, 0.5) is 0 Å². The fourth-order valence-electron chi connectivity index (χ4n) is 2.05. The Hall–Kier alpha value is -2.47. The molecule has 0 saturated carbocycles. The van der Waals surface area contributed by atoms with E-state index in [0.29, 0.717) is 17.9 Å². The van der Waals surface area contributed by atoms with Crippen molar-refractivity contribution in [1.82, 2.24) is 0 Å².